The molecule has 0 bridgehead atoms. The molecule has 0 aliphatic rings. The Morgan fingerprint density at radius 3 is 2.41 bits per heavy atom. The quantitative estimate of drug-likeness (QED) is 0.529. The highest BCUT2D eigenvalue weighted by molar-refractivity contribution is 8.00. The summed E-state index contributed by atoms with van der Waals surface area (Å²) in [5, 5.41) is 2.78. The van der Waals surface area contributed by atoms with Crippen molar-refractivity contribution in [1.82, 2.24) is 5.32 Å². The molecule has 2 rings (SSSR count). The van der Waals surface area contributed by atoms with Crippen LogP contribution in [0.4, 0.5) is 0 Å². The molecule has 1 N–H and O–H groups in total. The van der Waals surface area contributed by atoms with Crippen molar-refractivity contribution >= 4 is 29.4 Å². The fourth-order valence-electron chi connectivity index (χ4n) is 2.37. The molecule has 0 aliphatic carbocycles. The van der Waals surface area contributed by atoms with Gasteiger partial charge in [0, 0.05) is 11.4 Å². The highest BCUT2D eigenvalue weighted by atomic mass is 32.2. The summed E-state index contributed by atoms with van der Waals surface area (Å²) in [5.74, 6) is -0.458. The average Bonchev–Trinajstić information content (AvgIpc) is 2.69. The molecule has 0 unspecified atom stereocenters. The molecule has 0 fully saturated rings. The number of thioether (sulfide) groups is 1. The van der Waals surface area contributed by atoms with Crippen LogP contribution in [0.1, 0.15) is 35.7 Å². The van der Waals surface area contributed by atoms with Crippen LogP contribution in [0, 0.1) is 0 Å². The molecular formula is C21H23NO4S. The maximum Gasteiger partial charge on any atom is 0.339 e. The molecular weight excluding hydrogens is 362 g/mol. The standard InChI is InChI=1S/C21H23NO4S/c1-15(17-8-4-3-5-9-17)12-22-20(24)13-26-21(25)18-10-6-7-11-19(18)27-14-16(2)23/h3-11,15H,12-14H2,1-2H3,(H,22,24)/t15-/m1/s1. The molecule has 0 radical (unpaired) electrons. The second-order valence-electron chi connectivity index (χ2n) is 6.18. The van der Waals surface area contributed by atoms with Crippen molar-refractivity contribution in [2.75, 3.05) is 18.9 Å². The summed E-state index contributed by atoms with van der Waals surface area (Å²) in [6, 6.07) is 16.8. The van der Waals surface area contributed by atoms with Gasteiger partial charge in [0.05, 0.1) is 11.3 Å². The van der Waals surface area contributed by atoms with Gasteiger partial charge in [-0.3, -0.25) is 9.59 Å². The van der Waals surface area contributed by atoms with E-state index in [-0.39, 0.29) is 30.0 Å². The minimum Gasteiger partial charge on any atom is -0.452 e. The lowest BCUT2D eigenvalue weighted by molar-refractivity contribution is -0.124. The Morgan fingerprint density at radius 1 is 1.04 bits per heavy atom. The lowest BCUT2D eigenvalue weighted by Gasteiger charge is -2.13. The van der Waals surface area contributed by atoms with Crippen LogP contribution in [0.2, 0.25) is 0 Å². The molecule has 0 saturated carbocycles. The van der Waals surface area contributed by atoms with Crippen LogP contribution >= 0.6 is 11.8 Å². The third-order valence-electron chi connectivity index (χ3n) is 3.85. The van der Waals surface area contributed by atoms with Gasteiger partial charge >= 0.3 is 5.97 Å². The molecule has 142 valence electrons. The number of ether oxygens (including phenoxy) is 1. The average molecular weight is 385 g/mol. The predicted octanol–water partition coefficient (Wildman–Crippen LogP) is 3.44. The number of carbonyl (C=O) groups is 3. The van der Waals surface area contributed by atoms with Gasteiger partial charge in [-0.15, -0.1) is 11.8 Å². The Kier molecular flexibility index (Phi) is 8.07. The number of benzene rings is 2. The number of rotatable bonds is 9. The van der Waals surface area contributed by atoms with Gasteiger partial charge in [-0.2, -0.15) is 0 Å². The van der Waals surface area contributed by atoms with Gasteiger partial charge in [0.15, 0.2) is 6.61 Å². The number of hydrogen-bond acceptors (Lipinski definition) is 5. The minimum absolute atomic E-state index is 0.0232. The molecule has 2 aromatic carbocycles. The van der Waals surface area contributed by atoms with Crippen LogP contribution in [0.5, 0.6) is 0 Å². The number of amides is 1. The normalized spacial score (nSPS) is 11.5. The van der Waals surface area contributed by atoms with Crippen molar-refractivity contribution in [3.05, 3.63) is 65.7 Å². The molecule has 0 heterocycles. The number of hydrogen-bond donors (Lipinski definition) is 1. The van der Waals surface area contributed by atoms with Crippen LogP contribution < -0.4 is 5.32 Å². The zero-order valence-electron chi connectivity index (χ0n) is 15.4. The van der Waals surface area contributed by atoms with E-state index >= 15 is 0 Å². The Hall–Kier alpha value is -2.60. The highest BCUT2D eigenvalue weighted by Crippen LogP contribution is 2.23. The number of Topliss-reactive ketones (excluding diaryl/α,β-unsaturated/α-hetero) is 1. The fraction of sp³-hybridized carbons (Fsp3) is 0.286. The van der Waals surface area contributed by atoms with Gasteiger partial charge in [0.2, 0.25) is 0 Å². The predicted molar refractivity (Wildman–Crippen MR) is 106 cm³/mol. The summed E-state index contributed by atoms with van der Waals surface area (Å²) in [6.45, 7) is 3.64. The van der Waals surface area contributed by atoms with Gasteiger partial charge in [0.1, 0.15) is 5.78 Å². The van der Waals surface area contributed by atoms with E-state index in [4.69, 9.17) is 4.74 Å². The molecule has 0 saturated heterocycles. The topological polar surface area (TPSA) is 72.5 Å². The summed E-state index contributed by atoms with van der Waals surface area (Å²) >= 11 is 1.28. The van der Waals surface area contributed by atoms with Crippen molar-refractivity contribution in [1.29, 1.82) is 0 Å². The molecule has 2 aromatic rings. The summed E-state index contributed by atoms with van der Waals surface area (Å²) in [4.78, 5) is 36.1. The molecule has 1 amide bonds. The number of carbonyl (C=O) groups excluding carboxylic acids is 3. The van der Waals surface area contributed by atoms with Gasteiger partial charge in [0.25, 0.3) is 5.91 Å². The van der Waals surface area contributed by atoms with Crippen LogP contribution in [0.25, 0.3) is 0 Å². The van der Waals surface area contributed by atoms with Crippen molar-refractivity contribution in [2.45, 2.75) is 24.7 Å². The van der Waals surface area contributed by atoms with E-state index in [0.29, 0.717) is 17.0 Å². The van der Waals surface area contributed by atoms with Crippen molar-refractivity contribution in [3.8, 4) is 0 Å². The molecule has 1 atom stereocenters. The van der Waals surface area contributed by atoms with Crippen molar-refractivity contribution in [3.63, 3.8) is 0 Å². The monoisotopic (exact) mass is 385 g/mol. The summed E-state index contributed by atoms with van der Waals surface area (Å²) < 4.78 is 5.13. The van der Waals surface area contributed by atoms with Crippen molar-refractivity contribution < 1.29 is 19.1 Å². The molecule has 27 heavy (non-hydrogen) atoms. The summed E-state index contributed by atoms with van der Waals surface area (Å²) in [5.41, 5.74) is 1.49. The largest absolute Gasteiger partial charge is 0.452 e. The van der Waals surface area contributed by atoms with E-state index in [1.54, 1.807) is 24.3 Å². The third kappa shape index (κ3) is 6.90. The molecule has 0 aromatic heterocycles. The maximum absolute atomic E-state index is 12.3. The Morgan fingerprint density at radius 2 is 1.70 bits per heavy atom. The fourth-order valence-corrected chi connectivity index (χ4v) is 3.21. The van der Waals surface area contributed by atoms with Gasteiger partial charge in [-0.1, -0.05) is 49.4 Å². The van der Waals surface area contributed by atoms with E-state index in [1.165, 1.54) is 18.7 Å². The smallest absolute Gasteiger partial charge is 0.339 e. The SMILES string of the molecule is CC(=O)CSc1ccccc1C(=O)OCC(=O)NC[C@@H](C)c1ccccc1. The first-order valence-corrected chi connectivity index (χ1v) is 9.66. The molecule has 6 heteroatoms. The third-order valence-corrected chi connectivity index (χ3v) is 5.06. The van der Waals surface area contributed by atoms with Crippen LogP contribution in [-0.2, 0) is 14.3 Å². The van der Waals surface area contributed by atoms with E-state index < -0.39 is 5.97 Å². The Balaban J connectivity index is 1.83. The molecule has 5 nitrogen and oxygen atoms in total. The Bertz CT molecular complexity index is 792. The Labute approximate surface area is 163 Å². The maximum atomic E-state index is 12.3. The first kappa shape index (κ1) is 20.7. The second kappa shape index (κ2) is 10.5. The van der Waals surface area contributed by atoms with E-state index in [1.807, 2.05) is 37.3 Å². The van der Waals surface area contributed by atoms with Gasteiger partial charge < -0.3 is 10.1 Å². The van der Waals surface area contributed by atoms with Gasteiger partial charge in [-0.05, 0) is 30.5 Å². The van der Waals surface area contributed by atoms with E-state index in [2.05, 4.69) is 5.32 Å². The minimum atomic E-state index is -0.576. The number of esters is 1. The van der Waals surface area contributed by atoms with Crippen LogP contribution in [-0.4, -0.2) is 36.6 Å². The van der Waals surface area contributed by atoms with E-state index in [0.717, 1.165) is 5.56 Å². The van der Waals surface area contributed by atoms with Crippen LogP contribution in [0.3, 0.4) is 0 Å². The van der Waals surface area contributed by atoms with Gasteiger partial charge in [-0.25, -0.2) is 4.79 Å². The number of nitrogens with one attached hydrogen (secondary N) is 1. The zero-order valence-corrected chi connectivity index (χ0v) is 16.3. The first-order chi connectivity index (χ1) is 13.0. The van der Waals surface area contributed by atoms with Crippen molar-refractivity contribution in [2.24, 2.45) is 0 Å². The lowest BCUT2D eigenvalue weighted by atomic mass is 10.0. The number of ketones is 1. The second-order valence-corrected chi connectivity index (χ2v) is 7.20. The first-order valence-electron chi connectivity index (χ1n) is 8.67. The zero-order chi connectivity index (χ0) is 19.6. The molecule has 0 aliphatic heterocycles. The highest BCUT2D eigenvalue weighted by Gasteiger charge is 2.15. The summed E-state index contributed by atoms with van der Waals surface area (Å²) in [7, 11) is 0. The summed E-state index contributed by atoms with van der Waals surface area (Å²) in [6.07, 6.45) is 0. The van der Waals surface area contributed by atoms with E-state index in [9.17, 15) is 14.4 Å². The van der Waals surface area contributed by atoms with Crippen LogP contribution in [0.15, 0.2) is 59.5 Å². The lowest BCUT2D eigenvalue weighted by Crippen LogP contribution is -2.31. The molecule has 0 spiro atoms.